The van der Waals surface area contributed by atoms with E-state index in [0.717, 1.165) is 16.7 Å². The molecule has 2 heterocycles. The molecular formula is C24H22N4O3S. The Morgan fingerprint density at radius 3 is 2.50 bits per heavy atom. The van der Waals surface area contributed by atoms with E-state index in [4.69, 9.17) is 4.74 Å². The molecule has 0 saturated heterocycles. The molecule has 8 heteroatoms. The summed E-state index contributed by atoms with van der Waals surface area (Å²) >= 11 is 0. The fourth-order valence-electron chi connectivity index (χ4n) is 3.38. The molecule has 0 spiro atoms. The molecule has 2 aromatic carbocycles. The third kappa shape index (κ3) is 4.76. The van der Waals surface area contributed by atoms with Crippen LogP contribution in [0.3, 0.4) is 0 Å². The van der Waals surface area contributed by atoms with E-state index >= 15 is 0 Å². The predicted octanol–water partition coefficient (Wildman–Crippen LogP) is 4.23. The summed E-state index contributed by atoms with van der Waals surface area (Å²) in [6.45, 7) is 0.459. The fraction of sp³-hybridized carbons (Fsp3) is 0.125. The zero-order chi connectivity index (χ0) is 22.6. The molecule has 162 valence electrons. The van der Waals surface area contributed by atoms with E-state index in [1.807, 2.05) is 42.5 Å². The Morgan fingerprint density at radius 1 is 0.969 bits per heavy atom. The van der Waals surface area contributed by atoms with Crippen LogP contribution in [0.15, 0.2) is 84.1 Å². The van der Waals surface area contributed by atoms with Crippen LogP contribution in [0.1, 0.15) is 5.56 Å². The summed E-state index contributed by atoms with van der Waals surface area (Å²) < 4.78 is 29.8. The summed E-state index contributed by atoms with van der Waals surface area (Å²) in [6, 6.07) is 18.4. The van der Waals surface area contributed by atoms with Gasteiger partial charge in [0.2, 0.25) is 0 Å². The van der Waals surface area contributed by atoms with E-state index in [0.29, 0.717) is 34.4 Å². The van der Waals surface area contributed by atoms with Gasteiger partial charge in [0.25, 0.3) is 0 Å². The molecule has 2 aromatic heterocycles. The number of hydrogen-bond donors (Lipinski definition) is 1. The van der Waals surface area contributed by atoms with E-state index < -0.39 is 9.84 Å². The highest BCUT2D eigenvalue weighted by Gasteiger charge is 2.16. The second-order valence-electron chi connectivity index (χ2n) is 7.16. The van der Waals surface area contributed by atoms with Crippen LogP contribution in [0.25, 0.3) is 22.5 Å². The first kappa shape index (κ1) is 21.5. The smallest absolute Gasteiger partial charge is 0.176 e. The van der Waals surface area contributed by atoms with Gasteiger partial charge in [0, 0.05) is 36.3 Å². The zero-order valence-electron chi connectivity index (χ0n) is 17.7. The molecule has 0 aliphatic carbocycles. The van der Waals surface area contributed by atoms with Gasteiger partial charge in [0.15, 0.2) is 15.7 Å². The molecule has 32 heavy (non-hydrogen) atoms. The Kier molecular flexibility index (Phi) is 6.13. The maximum absolute atomic E-state index is 12.3. The molecule has 0 atom stereocenters. The van der Waals surface area contributed by atoms with E-state index in [-0.39, 0.29) is 0 Å². The summed E-state index contributed by atoms with van der Waals surface area (Å²) in [4.78, 5) is 13.4. The minimum atomic E-state index is -3.36. The Labute approximate surface area is 187 Å². The number of rotatable bonds is 7. The average Bonchev–Trinajstić information content (AvgIpc) is 2.82. The van der Waals surface area contributed by atoms with Crippen molar-refractivity contribution in [2.45, 2.75) is 11.4 Å². The monoisotopic (exact) mass is 446 g/mol. The number of methoxy groups -OCH3 is 1. The molecule has 0 aliphatic rings. The predicted molar refractivity (Wildman–Crippen MR) is 124 cm³/mol. The summed E-state index contributed by atoms with van der Waals surface area (Å²) in [6.07, 6.45) is 6.20. The molecule has 0 bridgehead atoms. The Bertz CT molecular complexity index is 1360. The van der Waals surface area contributed by atoms with Crippen LogP contribution in [0.2, 0.25) is 0 Å². The third-order valence-electron chi connectivity index (χ3n) is 4.92. The minimum Gasteiger partial charge on any atom is -0.495 e. The van der Waals surface area contributed by atoms with Gasteiger partial charge in [-0.15, -0.1) is 0 Å². The lowest BCUT2D eigenvalue weighted by molar-refractivity contribution is 0.413. The van der Waals surface area contributed by atoms with Gasteiger partial charge in [-0.25, -0.2) is 18.4 Å². The molecule has 0 aliphatic heterocycles. The first-order valence-electron chi connectivity index (χ1n) is 9.89. The number of pyridine rings is 1. The van der Waals surface area contributed by atoms with Crippen LogP contribution in [0.4, 0.5) is 5.82 Å². The van der Waals surface area contributed by atoms with Crippen molar-refractivity contribution in [3.8, 4) is 28.3 Å². The van der Waals surface area contributed by atoms with Gasteiger partial charge in [0.1, 0.15) is 11.6 Å². The second-order valence-corrected chi connectivity index (χ2v) is 9.14. The number of aromatic nitrogens is 3. The standard InChI is InChI=1S/C24H22N4O3S/c1-31-19-13-18(14-25-16-19)24-26-12-11-23(28-24)27-15-17-7-3-4-8-20(17)21-9-5-6-10-22(21)32(2,29)30/h3-14,16H,15H2,1-2H3,(H,26,27,28). The first-order chi connectivity index (χ1) is 15.5. The summed E-state index contributed by atoms with van der Waals surface area (Å²) in [5.41, 5.74) is 3.23. The molecule has 4 aromatic rings. The summed E-state index contributed by atoms with van der Waals surface area (Å²) in [5.74, 6) is 1.80. The average molecular weight is 447 g/mol. The molecule has 0 amide bonds. The SMILES string of the molecule is COc1cncc(-c2nccc(NCc3ccccc3-c3ccccc3S(C)(=O)=O)n2)c1. The van der Waals surface area contributed by atoms with Crippen LogP contribution in [-0.2, 0) is 16.4 Å². The number of benzene rings is 2. The van der Waals surface area contributed by atoms with Crippen LogP contribution >= 0.6 is 0 Å². The van der Waals surface area contributed by atoms with E-state index in [2.05, 4.69) is 20.3 Å². The summed E-state index contributed by atoms with van der Waals surface area (Å²) in [7, 11) is -1.78. The Hall–Kier alpha value is -3.78. The number of anilines is 1. The van der Waals surface area contributed by atoms with Crippen molar-refractivity contribution in [1.82, 2.24) is 15.0 Å². The fourth-order valence-corrected chi connectivity index (χ4v) is 4.29. The van der Waals surface area contributed by atoms with Gasteiger partial charge >= 0.3 is 0 Å². The van der Waals surface area contributed by atoms with Crippen molar-refractivity contribution in [3.63, 3.8) is 0 Å². The topological polar surface area (TPSA) is 94.1 Å². The number of hydrogen-bond acceptors (Lipinski definition) is 7. The number of nitrogens with zero attached hydrogens (tertiary/aromatic N) is 3. The van der Waals surface area contributed by atoms with Crippen LogP contribution in [0.5, 0.6) is 5.75 Å². The van der Waals surface area contributed by atoms with Crippen LogP contribution < -0.4 is 10.1 Å². The van der Waals surface area contributed by atoms with Crippen molar-refractivity contribution in [3.05, 3.63) is 84.8 Å². The Morgan fingerprint density at radius 2 is 1.72 bits per heavy atom. The first-order valence-corrected chi connectivity index (χ1v) is 11.8. The third-order valence-corrected chi connectivity index (χ3v) is 6.07. The molecule has 0 fully saturated rings. The van der Waals surface area contributed by atoms with Gasteiger partial charge in [-0.05, 0) is 29.3 Å². The molecule has 4 rings (SSSR count). The highest BCUT2D eigenvalue weighted by atomic mass is 32.2. The highest BCUT2D eigenvalue weighted by Crippen LogP contribution is 2.30. The molecule has 0 saturated carbocycles. The normalized spacial score (nSPS) is 11.2. The van der Waals surface area contributed by atoms with Gasteiger partial charge in [-0.3, -0.25) is 4.98 Å². The van der Waals surface area contributed by atoms with Crippen molar-refractivity contribution in [2.75, 3.05) is 18.7 Å². The summed E-state index contributed by atoms with van der Waals surface area (Å²) in [5, 5.41) is 3.32. The van der Waals surface area contributed by atoms with Crippen molar-refractivity contribution < 1.29 is 13.2 Å². The maximum Gasteiger partial charge on any atom is 0.176 e. The largest absolute Gasteiger partial charge is 0.495 e. The van der Waals surface area contributed by atoms with Gasteiger partial charge in [-0.1, -0.05) is 42.5 Å². The Balaban J connectivity index is 1.62. The van der Waals surface area contributed by atoms with Crippen molar-refractivity contribution >= 4 is 15.7 Å². The number of ether oxygens (including phenoxy) is 1. The lowest BCUT2D eigenvalue weighted by Crippen LogP contribution is -2.05. The lowest BCUT2D eigenvalue weighted by Gasteiger charge is -2.14. The van der Waals surface area contributed by atoms with E-state index in [1.165, 1.54) is 6.26 Å². The maximum atomic E-state index is 12.3. The minimum absolute atomic E-state index is 0.308. The molecule has 1 N–H and O–H groups in total. The lowest BCUT2D eigenvalue weighted by atomic mass is 9.99. The van der Waals surface area contributed by atoms with E-state index in [9.17, 15) is 8.42 Å². The van der Waals surface area contributed by atoms with Crippen molar-refractivity contribution in [1.29, 1.82) is 0 Å². The number of nitrogens with one attached hydrogen (secondary N) is 1. The van der Waals surface area contributed by atoms with Crippen molar-refractivity contribution in [2.24, 2.45) is 0 Å². The van der Waals surface area contributed by atoms with Crippen LogP contribution in [-0.4, -0.2) is 36.7 Å². The number of sulfone groups is 1. The van der Waals surface area contributed by atoms with Crippen LogP contribution in [0, 0.1) is 0 Å². The molecule has 0 unspecified atom stereocenters. The quantitative estimate of drug-likeness (QED) is 0.454. The molecular weight excluding hydrogens is 424 g/mol. The highest BCUT2D eigenvalue weighted by molar-refractivity contribution is 7.90. The van der Waals surface area contributed by atoms with Gasteiger partial charge in [0.05, 0.1) is 18.2 Å². The molecule has 7 nitrogen and oxygen atoms in total. The van der Waals surface area contributed by atoms with Gasteiger partial charge < -0.3 is 10.1 Å². The second kappa shape index (κ2) is 9.15. The molecule has 0 radical (unpaired) electrons. The zero-order valence-corrected chi connectivity index (χ0v) is 18.5. The van der Waals surface area contributed by atoms with Gasteiger partial charge in [-0.2, -0.15) is 0 Å². The van der Waals surface area contributed by atoms with E-state index in [1.54, 1.807) is 43.9 Å².